The van der Waals surface area contributed by atoms with E-state index in [4.69, 9.17) is 15.2 Å². The number of aromatic amines is 1. The van der Waals surface area contributed by atoms with Crippen molar-refractivity contribution in [3.8, 4) is 0 Å². The van der Waals surface area contributed by atoms with Crippen LogP contribution in [0.25, 0.3) is 0 Å². The average molecular weight is 254 g/mol. The molecule has 0 aliphatic carbocycles. The van der Waals surface area contributed by atoms with Crippen molar-refractivity contribution in [2.24, 2.45) is 0 Å². The van der Waals surface area contributed by atoms with Crippen molar-refractivity contribution in [1.82, 2.24) is 15.5 Å². The van der Waals surface area contributed by atoms with Crippen molar-refractivity contribution < 1.29 is 14.3 Å². The second-order valence-corrected chi connectivity index (χ2v) is 4.63. The summed E-state index contributed by atoms with van der Waals surface area (Å²) in [7, 11) is 0. The number of ether oxygens (including phenoxy) is 2. The van der Waals surface area contributed by atoms with Gasteiger partial charge in [-0.2, -0.15) is 5.10 Å². The highest BCUT2D eigenvalue weighted by Gasteiger charge is 2.30. The maximum absolute atomic E-state index is 11.4. The number of nitrogens with zero attached hydrogens (tertiary/aromatic N) is 1. The molecule has 18 heavy (non-hydrogen) atoms. The van der Waals surface area contributed by atoms with Crippen LogP contribution in [0.4, 0.5) is 10.6 Å². The largest absolute Gasteiger partial charge is 0.444 e. The number of rotatable bonds is 3. The molecule has 2 heterocycles. The molecular weight excluding hydrogens is 236 g/mol. The summed E-state index contributed by atoms with van der Waals surface area (Å²) >= 11 is 0. The maximum Gasteiger partial charge on any atom is 0.407 e. The number of aromatic nitrogens is 2. The molecule has 4 N–H and O–H groups in total. The van der Waals surface area contributed by atoms with Crippen LogP contribution in [0.1, 0.15) is 32.1 Å². The van der Waals surface area contributed by atoms with E-state index in [1.54, 1.807) is 6.07 Å². The van der Waals surface area contributed by atoms with Gasteiger partial charge in [-0.25, -0.2) is 4.79 Å². The summed E-state index contributed by atoms with van der Waals surface area (Å²) < 4.78 is 10.8. The predicted octanol–water partition coefficient (Wildman–Crippen LogP) is 0.956. The van der Waals surface area contributed by atoms with Crippen LogP contribution in [-0.2, 0) is 9.47 Å². The number of alkyl carbamates (subject to hydrolysis) is 1. The van der Waals surface area contributed by atoms with E-state index >= 15 is 0 Å². The zero-order valence-electron chi connectivity index (χ0n) is 10.5. The number of nitrogens with two attached hydrogens (primary N) is 1. The van der Waals surface area contributed by atoms with Crippen molar-refractivity contribution in [3.05, 3.63) is 11.8 Å². The highest BCUT2D eigenvalue weighted by molar-refractivity contribution is 5.67. The van der Waals surface area contributed by atoms with Gasteiger partial charge in [0.05, 0.1) is 12.3 Å². The van der Waals surface area contributed by atoms with Crippen LogP contribution in [-0.4, -0.2) is 35.0 Å². The number of H-pyrrole nitrogens is 1. The Hall–Kier alpha value is -1.76. The van der Waals surface area contributed by atoms with Crippen molar-refractivity contribution in [1.29, 1.82) is 0 Å². The third-order valence-corrected chi connectivity index (χ3v) is 2.60. The lowest BCUT2D eigenvalue weighted by molar-refractivity contribution is 0.0682. The third kappa shape index (κ3) is 3.13. The van der Waals surface area contributed by atoms with Gasteiger partial charge in [0.2, 0.25) is 0 Å². The van der Waals surface area contributed by atoms with E-state index in [9.17, 15) is 4.79 Å². The second kappa shape index (κ2) is 5.26. The minimum Gasteiger partial charge on any atom is -0.444 e. The zero-order valence-corrected chi connectivity index (χ0v) is 10.5. The Morgan fingerprint density at radius 2 is 2.50 bits per heavy atom. The molecule has 1 amide bonds. The summed E-state index contributed by atoms with van der Waals surface area (Å²) in [6.07, 6.45) is -0.194. The molecule has 1 fully saturated rings. The van der Waals surface area contributed by atoms with Gasteiger partial charge in [0.15, 0.2) is 0 Å². The van der Waals surface area contributed by atoms with Gasteiger partial charge in [0.25, 0.3) is 0 Å². The molecule has 1 saturated heterocycles. The van der Waals surface area contributed by atoms with E-state index in [2.05, 4.69) is 15.5 Å². The Bertz CT molecular complexity index is 418. The molecule has 0 aromatic carbocycles. The molecule has 7 heteroatoms. The molecule has 7 nitrogen and oxygen atoms in total. The molecule has 0 spiro atoms. The lowest BCUT2D eigenvalue weighted by Crippen LogP contribution is -2.33. The zero-order chi connectivity index (χ0) is 13.1. The van der Waals surface area contributed by atoms with Crippen LogP contribution in [0.2, 0.25) is 0 Å². The molecule has 0 radical (unpaired) electrons. The number of amides is 1. The van der Waals surface area contributed by atoms with Crippen LogP contribution in [0.5, 0.6) is 0 Å². The normalized spacial score (nSPS) is 23.3. The molecule has 0 unspecified atom stereocenters. The van der Waals surface area contributed by atoms with Crippen molar-refractivity contribution in [3.63, 3.8) is 0 Å². The van der Waals surface area contributed by atoms with E-state index in [-0.39, 0.29) is 18.2 Å². The minimum absolute atomic E-state index is 0.0584. The first-order chi connectivity index (χ1) is 8.54. The smallest absolute Gasteiger partial charge is 0.407 e. The number of anilines is 1. The molecule has 1 aromatic heterocycles. The standard InChI is InChI=1S/C11H18N4O3/c1-6(2)13-11(16)18-7-3-9(17-5-7)8-4-10(12)15-14-8/h4,6-7,9H,3,5H2,1-2H3,(H,13,16)(H3,12,14,15)/t7-,9-/m1/s1. The SMILES string of the molecule is CC(C)NC(=O)O[C@H]1CO[C@@H](c2cc(N)n[nH]2)C1. The molecule has 100 valence electrons. The van der Waals surface area contributed by atoms with Crippen molar-refractivity contribution in [2.45, 2.75) is 38.5 Å². The van der Waals surface area contributed by atoms with Crippen LogP contribution in [0, 0.1) is 0 Å². The highest BCUT2D eigenvalue weighted by Crippen LogP contribution is 2.29. The van der Waals surface area contributed by atoms with E-state index in [1.165, 1.54) is 0 Å². The number of nitrogens with one attached hydrogen (secondary N) is 2. The maximum atomic E-state index is 11.4. The van der Waals surface area contributed by atoms with Crippen LogP contribution in [0.3, 0.4) is 0 Å². The minimum atomic E-state index is -0.414. The number of hydrogen-bond donors (Lipinski definition) is 3. The van der Waals surface area contributed by atoms with Gasteiger partial charge in [0.1, 0.15) is 18.0 Å². The van der Waals surface area contributed by atoms with Crippen LogP contribution in [0.15, 0.2) is 6.07 Å². The third-order valence-electron chi connectivity index (χ3n) is 2.60. The monoisotopic (exact) mass is 254 g/mol. The number of nitrogen functional groups attached to an aromatic ring is 1. The molecule has 0 bridgehead atoms. The fraction of sp³-hybridized carbons (Fsp3) is 0.636. The molecule has 1 aromatic rings. The quantitative estimate of drug-likeness (QED) is 0.745. The number of carbonyl (C=O) groups excluding carboxylic acids is 1. The summed E-state index contributed by atoms with van der Waals surface area (Å²) in [5.74, 6) is 0.426. The summed E-state index contributed by atoms with van der Waals surface area (Å²) in [5.41, 5.74) is 6.33. The van der Waals surface area contributed by atoms with E-state index in [0.717, 1.165) is 5.69 Å². The number of carbonyl (C=O) groups is 1. The molecule has 2 rings (SSSR count). The van der Waals surface area contributed by atoms with Gasteiger partial charge in [-0.3, -0.25) is 5.10 Å². The first kappa shape index (κ1) is 12.7. The van der Waals surface area contributed by atoms with Crippen LogP contribution >= 0.6 is 0 Å². The Morgan fingerprint density at radius 3 is 3.11 bits per heavy atom. The summed E-state index contributed by atoms with van der Waals surface area (Å²) in [6.45, 7) is 4.14. The van der Waals surface area contributed by atoms with Crippen molar-refractivity contribution in [2.75, 3.05) is 12.3 Å². The lowest BCUT2D eigenvalue weighted by atomic mass is 10.1. The summed E-state index contributed by atoms with van der Waals surface area (Å²) in [5, 5.41) is 9.31. The first-order valence-corrected chi connectivity index (χ1v) is 5.94. The second-order valence-electron chi connectivity index (χ2n) is 4.63. The van der Waals surface area contributed by atoms with Gasteiger partial charge >= 0.3 is 6.09 Å². The Balaban J connectivity index is 1.83. The molecular formula is C11H18N4O3. The van der Waals surface area contributed by atoms with Gasteiger partial charge < -0.3 is 20.5 Å². The Morgan fingerprint density at radius 1 is 1.72 bits per heavy atom. The Kier molecular flexibility index (Phi) is 3.71. The van der Waals surface area contributed by atoms with Gasteiger partial charge in [0, 0.05) is 18.5 Å². The fourth-order valence-corrected chi connectivity index (χ4v) is 1.84. The average Bonchev–Trinajstić information content (AvgIpc) is 2.85. The molecule has 0 saturated carbocycles. The van der Waals surface area contributed by atoms with Crippen LogP contribution < -0.4 is 11.1 Å². The van der Waals surface area contributed by atoms with E-state index < -0.39 is 6.09 Å². The van der Waals surface area contributed by atoms with E-state index in [1.807, 2.05) is 13.8 Å². The summed E-state index contributed by atoms with van der Waals surface area (Å²) in [6, 6.07) is 1.78. The first-order valence-electron chi connectivity index (χ1n) is 5.94. The highest BCUT2D eigenvalue weighted by atomic mass is 16.6. The molecule has 2 atom stereocenters. The summed E-state index contributed by atoms with van der Waals surface area (Å²) in [4.78, 5) is 11.4. The molecule has 1 aliphatic rings. The number of hydrogen-bond acceptors (Lipinski definition) is 5. The molecule has 1 aliphatic heterocycles. The topological polar surface area (TPSA) is 102 Å². The van der Waals surface area contributed by atoms with Crippen molar-refractivity contribution >= 4 is 11.9 Å². The Labute approximate surface area is 105 Å². The fourth-order valence-electron chi connectivity index (χ4n) is 1.84. The van der Waals surface area contributed by atoms with Gasteiger partial charge in [-0.05, 0) is 13.8 Å². The van der Waals surface area contributed by atoms with E-state index in [0.29, 0.717) is 18.8 Å². The lowest BCUT2D eigenvalue weighted by Gasteiger charge is -2.13. The van der Waals surface area contributed by atoms with Gasteiger partial charge in [-0.1, -0.05) is 0 Å². The van der Waals surface area contributed by atoms with Gasteiger partial charge in [-0.15, -0.1) is 0 Å². The predicted molar refractivity (Wildman–Crippen MR) is 64.9 cm³/mol.